The number of rotatable bonds is 8. The number of anilines is 1. The van der Waals surface area contributed by atoms with Crippen LogP contribution >= 0.6 is 27.7 Å². The normalized spacial score (nSPS) is 12.0. The fraction of sp³-hybridized carbons (Fsp3) is 0.211. The Labute approximate surface area is 178 Å². The van der Waals surface area contributed by atoms with E-state index >= 15 is 0 Å². The maximum Gasteiger partial charge on any atom is 0.416 e. The van der Waals surface area contributed by atoms with Crippen molar-refractivity contribution in [2.75, 3.05) is 11.2 Å². The standard InChI is InChI=1S/C19H17BrF3N3O2S/c1-11(25-26-14-5-3-13(4-6-14)19(21,22)23)17(24)10-29-15-7-2-12(8-18(27)28)16(20)9-15/h2-7,9,24,26H,8,10H2,1H3,(H,27,28)/b24-17?,25-11-. The first-order chi connectivity index (χ1) is 13.6. The Morgan fingerprint density at radius 1 is 1.24 bits per heavy atom. The zero-order valence-corrected chi connectivity index (χ0v) is 17.6. The van der Waals surface area contributed by atoms with Gasteiger partial charge >= 0.3 is 12.1 Å². The third-order valence-electron chi connectivity index (χ3n) is 3.75. The number of aliphatic carboxylic acids is 1. The first-order valence-electron chi connectivity index (χ1n) is 8.24. The molecule has 0 amide bonds. The summed E-state index contributed by atoms with van der Waals surface area (Å²) in [6.07, 6.45) is -4.47. The molecule has 0 unspecified atom stereocenters. The van der Waals surface area contributed by atoms with E-state index in [0.29, 0.717) is 27.2 Å². The first-order valence-corrected chi connectivity index (χ1v) is 10.0. The van der Waals surface area contributed by atoms with Crippen molar-refractivity contribution in [1.29, 1.82) is 5.41 Å². The average molecular weight is 488 g/mol. The van der Waals surface area contributed by atoms with Crippen molar-refractivity contribution in [3.05, 3.63) is 58.1 Å². The van der Waals surface area contributed by atoms with E-state index in [1.54, 1.807) is 25.1 Å². The minimum Gasteiger partial charge on any atom is -0.481 e. The van der Waals surface area contributed by atoms with Crippen molar-refractivity contribution < 1.29 is 23.1 Å². The molecule has 0 saturated heterocycles. The second kappa shape index (κ2) is 9.93. The van der Waals surface area contributed by atoms with Gasteiger partial charge in [-0.1, -0.05) is 22.0 Å². The fourth-order valence-corrected chi connectivity index (χ4v) is 3.69. The van der Waals surface area contributed by atoms with Gasteiger partial charge in [-0.25, -0.2) is 0 Å². The zero-order valence-electron chi connectivity index (χ0n) is 15.2. The van der Waals surface area contributed by atoms with Crippen molar-refractivity contribution in [2.45, 2.75) is 24.4 Å². The maximum absolute atomic E-state index is 12.6. The fourth-order valence-electron chi connectivity index (χ4n) is 2.13. The van der Waals surface area contributed by atoms with Crippen LogP contribution < -0.4 is 5.43 Å². The quantitative estimate of drug-likeness (QED) is 0.253. The van der Waals surface area contributed by atoms with E-state index in [9.17, 15) is 18.0 Å². The Bertz CT molecular complexity index is 931. The number of hydrazone groups is 1. The van der Waals surface area contributed by atoms with Gasteiger partial charge < -0.3 is 10.5 Å². The second-order valence-electron chi connectivity index (χ2n) is 5.98. The Kier molecular flexibility index (Phi) is 7.86. The smallest absolute Gasteiger partial charge is 0.416 e. The summed E-state index contributed by atoms with van der Waals surface area (Å²) in [5.74, 6) is -0.588. The summed E-state index contributed by atoms with van der Waals surface area (Å²) in [7, 11) is 0. The number of thioether (sulfide) groups is 1. The highest BCUT2D eigenvalue weighted by Gasteiger charge is 2.29. The van der Waals surface area contributed by atoms with Gasteiger partial charge in [0, 0.05) is 15.1 Å². The summed E-state index contributed by atoms with van der Waals surface area (Å²) in [5, 5.41) is 21.0. The average Bonchev–Trinajstić information content (AvgIpc) is 2.65. The highest BCUT2D eigenvalue weighted by Crippen LogP contribution is 2.30. The molecule has 0 aliphatic heterocycles. The third kappa shape index (κ3) is 7.21. The Hall–Kier alpha value is -2.33. The number of nitrogens with zero attached hydrogens (tertiary/aromatic N) is 1. The number of carboxylic acid groups (broad SMARTS) is 1. The van der Waals surface area contributed by atoms with Crippen molar-refractivity contribution in [3.63, 3.8) is 0 Å². The summed E-state index contributed by atoms with van der Waals surface area (Å²) in [6, 6.07) is 9.76. The summed E-state index contributed by atoms with van der Waals surface area (Å²) in [4.78, 5) is 11.7. The number of halogens is 4. The minimum absolute atomic E-state index is 0.0806. The van der Waals surface area contributed by atoms with Crippen LogP contribution in [0.15, 0.2) is 56.9 Å². The molecular weight excluding hydrogens is 471 g/mol. The van der Waals surface area contributed by atoms with E-state index in [1.807, 2.05) is 0 Å². The molecule has 0 heterocycles. The summed E-state index contributed by atoms with van der Waals surface area (Å²) in [6.45, 7) is 1.63. The second-order valence-corrected chi connectivity index (χ2v) is 7.88. The molecule has 2 aromatic carbocycles. The van der Waals surface area contributed by atoms with E-state index in [2.05, 4.69) is 26.5 Å². The van der Waals surface area contributed by atoms with Gasteiger partial charge in [-0.2, -0.15) is 18.3 Å². The van der Waals surface area contributed by atoms with Crippen molar-refractivity contribution in [2.24, 2.45) is 5.10 Å². The number of carbonyl (C=O) groups is 1. The molecule has 0 saturated carbocycles. The Morgan fingerprint density at radius 3 is 2.45 bits per heavy atom. The van der Waals surface area contributed by atoms with Crippen LogP contribution in [0, 0.1) is 5.41 Å². The lowest BCUT2D eigenvalue weighted by atomic mass is 10.1. The number of hydrogen-bond acceptors (Lipinski definition) is 5. The highest BCUT2D eigenvalue weighted by atomic mass is 79.9. The maximum atomic E-state index is 12.6. The molecule has 0 aliphatic rings. The molecule has 10 heteroatoms. The molecule has 0 fully saturated rings. The largest absolute Gasteiger partial charge is 0.481 e. The number of alkyl halides is 3. The summed E-state index contributed by atoms with van der Waals surface area (Å²) in [5.41, 5.74) is 3.60. The van der Waals surface area contributed by atoms with Gasteiger partial charge in [-0.15, -0.1) is 11.8 Å². The SMILES string of the molecule is C/C(=N/Nc1ccc(C(F)(F)F)cc1)C(=N)CSc1ccc(CC(=O)O)c(Br)c1. The molecule has 29 heavy (non-hydrogen) atoms. The molecule has 154 valence electrons. The molecule has 0 spiro atoms. The van der Waals surface area contributed by atoms with Gasteiger partial charge in [0.05, 0.1) is 29.1 Å². The predicted octanol–water partition coefficient (Wildman–Crippen LogP) is 5.69. The van der Waals surface area contributed by atoms with Crippen molar-refractivity contribution in [3.8, 4) is 0 Å². The van der Waals surface area contributed by atoms with Crippen LogP contribution in [0.5, 0.6) is 0 Å². The van der Waals surface area contributed by atoms with Crippen molar-refractivity contribution in [1.82, 2.24) is 0 Å². The van der Waals surface area contributed by atoms with Crippen LogP contribution in [0.4, 0.5) is 18.9 Å². The van der Waals surface area contributed by atoms with Crippen LogP contribution in [0.2, 0.25) is 0 Å². The van der Waals surface area contributed by atoms with E-state index in [0.717, 1.165) is 17.0 Å². The third-order valence-corrected chi connectivity index (χ3v) is 5.51. The van der Waals surface area contributed by atoms with E-state index in [-0.39, 0.29) is 12.1 Å². The van der Waals surface area contributed by atoms with Gasteiger partial charge in [0.25, 0.3) is 0 Å². The van der Waals surface area contributed by atoms with Crippen LogP contribution in [0.1, 0.15) is 18.1 Å². The number of carboxylic acids is 1. The minimum atomic E-state index is -4.39. The molecular formula is C19H17BrF3N3O2S. The molecule has 2 rings (SSSR count). The molecule has 0 radical (unpaired) electrons. The van der Waals surface area contributed by atoms with E-state index < -0.39 is 17.7 Å². The zero-order chi connectivity index (χ0) is 21.6. The van der Waals surface area contributed by atoms with Crippen LogP contribution in [-0.2, 0) is 17.4 Å². The van der Waals surface area contributed by atoms with E-state index in [1.165, 1.54) is 23.9 Å². The lowest BCUT2D eigenvalue weighted by Crippen LogP contribution is -2.13. The molecule has 0 aliphatic carbocycles. The van der Waals surface area contributed by atoms with E-state index in [4.69, 9.17) is 10.5 Å². The first kappa shape index (κ1) is 23.0. The predicted molar refractivity (Wildman–Crippen MR) is 112 cm³/mol. The van der Waals surface area contributed by atoms with Gasteiger partial charge in [-0.3, -0.25) is 10.2 Å². The van der Waals surface area contributed by atoms with Gasteiger partial charge in [0.1, 0.15) is 0 Å². The molecule has 0 bridgehead atoms. The topological polar surface area (TPSA) is 85.5 Å². The van der Waals surface area contributed by atoms with Gasteiger partial charge in [-0.05, 0) is 48.9 Å². The van der Waals surface area contributed by atoms with Crippen LogP contribution in [0.25, 0.3) is 0 Å². The molecule has 5 nitrogen and oxygen atoms in total. The van der Waals surface area contributed by atoms with Crippen LogP contribution in [-0.4, -0.2) is 28.3 Å². The number of hydrogen-bond donors (Lipinski definition) is 3. The van der Waals surface area contributed by atoms with Gasteiger partial charge in [0.15, 0.2) is 0 Å². The Balaban J connectivity index is 1.91. The lowest BCUT2D eigenvalue weighted by molar-refractivity contribution is -0.138. The summed E-state index contributed by atoms with van der Waals surface area (Å²) < 4.78 is 38.4. The lowest BCUT2D eigenvalue weighted by Gasteiger charge is -2.09. The monoisotopic (exact) mass is 487 g/mol. The molecule has 0 aromatic heterocycles. The van der Waals surface area contributed by atoms with Crippen LogP contribution in [0.3, 0.4) is 0 Å². The number of benzene rings is 2. The Morgan fingerprint density at radius 2 is 1.90 bits per heavy atom. The van der Waals surface area contributed by atoms with Gasteiger partial charge in [0.2, 0.25) is 0 Å². The van der Waals surface area contributed by atoms with Crippen molar-refractivity contribution >= 4 is 50.8 Å². The number of nitrogens with one attached hydrogen (secondary N) is 2. The molecule has 0 atom stereocenters. The molecule has 3 N–H and O–H groups in total. The highest BCUT2D eigenvalue weighted by molar-refractivity contribution is 9.10. The molecule has 2 aromatic rings. The summed E-state index contributed by atoms with van der Waals surface area (Å²) >= 11 is 4.73.